The summed E-state index contributed by atoms with van der Waals surface area (Å²) in [6.45, 7) is 4.09. The summed E-state index contributed by atoms with van der Waals surface area (Å²) in [6, 6.07) is 10.6. The highest BCUT2D eigenvalue weighted by Gasteiger charge is 2.49. The minimum atomic E-state index is 0.203. The highest BCUT2D eigenvalue weighted by molar-refractivity contribution is 5.81. The molecule has 3 nitrogen and oxygen atoms in total. The van der Waals surface area contributed by atoms with Crippen LogP contribution in [-0.4, -0.2) is 22.9 Å². The number of hydrogen-bond acceptors (Lipinski definition) is 3. The van der Waals surface area contributed by atoms with Gasteiger partial charge in [-0.05, 0) is 24.3 Å². The zero-order valence-electron chi connectivity index (χ0n) is 11.7. The van der Waals surface area contributed by atoms with Crippen molar-refractivity contribution in [1.29, 1.82) is 0 Å². The quantitative estimate of drug-likeness (QED) is 0.904. The van der Waals surface area contributed by atoms with Crippen LogP contribution in [0.3, 0.4) is 0 Å². The van der Waals surface area contributed by atoms with Crippen LogP contribution in [0.5, 0.6) is 0 Å². The monoisotopic (exact) mass is 257 g/mol. The molecule has 1 aliphatic heterocycles. The maximum Gasteiger partial charge on any atom is 0.192 e. The second-order valence-electron chi connectivity index (χ2n) is 5.85. The third kappa shape index (κ3) is 2.01. The van der Waals surface area contributed by atoms with E-state index in [9.17, 15) is 0 Å². The summed E-state index contributed by atoms with van der Waals surface area (Å²) in [7, 11) is 0. The summed E-state index contributed by atoms with van der Waals surface area (Å²) in [5, 5.41) is 0. The summed E-state index contributed by atoms with van der Waals surface area (Å²) in [6.07, 6.45) is 5.10. The third-order valence-electron chi connectivity index (χ3n) is 4.93. The molecule has 2 N–H and O–H groups in total. The van der Waals surface area contributed by atoms with E-state index in [0.29, 0.717) is 0 Å². The number of benzene rings is 1. The molecule has 1 heterocycles. The summed E-state index contributed by atoms with van der Waals surface area (Å²) < 4.78 is 0. The molecule has 0 bridgehead atoms. The summed E-state index contributed by atoms with van der Waals surface area (Å²) in [5.41, 5.74) is 7.70. The Labute approximate surface area is 115 Å². The first-order chi connectivity index (χ1) is 9.26. The lowest BCUT2D eigenvalue weighted by Crippen LogP contribution is -2.53. The van der Waals surface area contributed by atoms with E-state index in [0.717, 1.165) is 25.0 Å². The van der Waals surface area contributed by atoms with Gasteiger partial charge in [0.2, 0.25) is 0 Å². The van der Waals surface area contributed by atoms with Crippen molar-refractivity contribution in [3.05, 3.63) is 35.9 Å². The van der Waals surface area contributed by atoms with Crippen LogP contribution in [0.4, 0.5) is 0 Å². The molecule has 1 aliphatic carbocycles. The smallest absolute Gasteiger partial charge is 0.192 e. The van der Waals surface area contributed by atoms with Gasteiger partial charge < -0.3 is 10.6 Å². The van der Waals surface area contributed by atoms with Crippen LogP contribution in [-0.2, 0) is 6.54 Å². The standard InChI is InChI=1S/C16H23N3/c1-2-14-9-6-10-16(14)12-18-15(17)19(16)11-13-7-4-3-5-8-13/h3-5,7-8,14H,2,6,9-12H2,1H3,(H2,17,18). The van der Waals surface area contributed by atoms with Crippen LogP contribution < -0.4 is 5.73 Å². The van der Waals surface area contributed by atoms with E-state index in [1.807, 2.05) is 0 Å². The van der Waals surface area contributed by atoms with E-state index in [-0.39, 0.29) is 5.54 Å². The Morgan fingerprint density at radius 3 is 2.89 bits per heavy atom. The van der Waals surface area contributed by atoms with Crippen molar-refractivity contribution in [2.75, 3.05) is 6.54 Å². The van der Waals surface area contributed by atoms with Gasteiger partial charge in [-0.25, -0.2) is 0 Å². The maximum absolute atomic E-state index is 6.17. The van der Waals surface area contributed by atoms with Gasteiger partial charge >= 0.3 is 0 Å². The minimum Gasteiger partial charge on any atom is -0.370 e. The molecule has 3 rings (SSSR count). The zero-order valence-corrected chi connectivity index (χ0v) is 11.7. The first kappa shape index (κ1) is 12.5. The third-order valence-corrected chi connectivity index (χ3v) is 4.93. The molecule has 0 saturated heterocycles. The van der Waals surface area contributed by atoms with Crippen LogP contribution in [0.15, 0.2) is 35.3 Å². The molecule has 102 valence electrons. The zero-order chi connectivity index (χ0) is 13.3. The van der Waals surface area contributed by atoms with Crippen molar-refractivity contribution < 1.29 is 0 Å². The number of aliphatic imine (C=N–C) groups is 1. The van der Waals surface area contributed by atoms with E-state index >= 15 is 0 Å². The van der Waals surface area contributed by atoms with Gasteiger partial charge in [-0.15, -0.1) is 0 Å². The molecule has 1 saturated carbocycles. The van der Waals surface area contributed by atoms with Crippen LogP contribution in [0.1, 0.15) is 38.2 Å². The van der Waals surface area contributed by atoms with E-state index in [4.69, 9.17) is 5.73 Å². The van der Waals surface area contributed by atoms with Gasteiger partial charge in [-0.2, -0.15) is 0 Å². The number of rotatable bonds is 3. The molecule has 1 aromatic rings. The molecule has 0 radical (unpaired) electrons. The van der Waals surface area contributed by atoms with Crippen molar-refractivity contribution in [3.63, 3.8) is 0 Å². The van der Waals surface area contributed by atoms with Crippen LogP contribution in [0.25, 0.3) is 0 Å². The normalized spacial score (nSPS) is 30.1. The molecule has 0 aromatic heterocycles. The average Bonchev–Trinajstić information content (AvgIpc) is 2.99. The highest BCUT2D eigenvalue weighted by atomic mass is 15.4. The Bertz CT molecular complexity index is 468. The first-order valence-corrected chi connectivity index (χ1v) is 7.38. The fourth-order valence-electron chi connectivity index (χ4n) is 3.90. The van der Waals surface area contributed by atoms with E-state index in [2.05, 4.69) is 47.1 Å². The van der Waals surface area contributed by atoms with Crippen molar-refractivity contribution in [3.8, 4) is 0 Å². The van der Waals surface area contributed by atoms with Gasteiger partial charge in [0.15, 0.2) is 5.96 Å². The van der Waals surface area contributed by atoms with Gasteiger partial charge in [0.05, 0.1) is 12.1 Å². The molecular weight excluding hydrogens is 234 g/mol. The lowest BCUT2D eigenvalue weighted by molar-refractivity contribution is 0.137. The number of guanidine groups is 1. The summed E-state index contributed by atoms with van der Waals surface area (Å²) >= 11 is 0. The molecule has 1 aromatic carbocycles. The fourth-order valence-corrected chi connectivity index (χ4v) is 3.90. The van der Waals surface area contributed by atoms with Gasteiger partial charge in [0, 0.05) is 6.54 Å². The average molecular weight is 257 g/mol. The molecular formula is C16H23N3. The van der Waals surface area contributed by atoms with Crippen LogP contribution in [0, 0.1) is 5.92 Å². The summed E-state index contributed by atoms with van der Waals surface area (Å²) in [5.74, 6) is 1.48. The Balaban J connectivity index is 1.86. The van der Waals surface area contributed by atoms with Crippen molar-refractivity contribution in [2.45, 2.75) is 44.7 Å². The molecule has 19 heavy (non-hydrogen) atoms. The molecule has 0 amide bonds. The number of nitrogens with zero attached hydrogens (tertiary/aromatic N) is 2. The Kier molecular flexibility index (Phi) is 3.21. The fraction of sp³-hybridized carbons (Fsp3) is 0.562. The van der Waals surface area contributed by atoms with E-state index in [1.54, 1.807) is 0 Å². The van der Waals surface area contributed by atoms with E-state index < -0.39 is 0 Å². The van der Waals surface area contributed by atoms with Crippen LogP contribution in [0.2, 0.25) is 0 Å². The molecule has 3 heteroatoms. The lowest BCUT2D eigenvalue weighted by Gasteiger charge is -2.41. The van der Waals surface area contributed by atoms with Gasteiger partial charge in [0.25, 0.3) is 0 Å². The largest absolute Gasteiger partial charge is 0.370 e. The van der Waals surface area contributed by atoms with Gasteiger partial charge in [-0.1, -0.05) is 50.1 Å². The maximum atomic E-state index is 6.17. The van der Waals surface area contributed by atoms with E-state index in [1.165, 1.54) is 31.2 Å². The molecule has 1 fully saturated rings. The second-order valence-corrected chi connectivity index (χ2v) is 5.85. The van der Waals surface area contributed by atoms with Gasteiger partial charge in [-0.3, -0.25) is 4.99 Å². The highest BCUT2D eigenvalue weighted by Crippen LogP contribution is 2.45. The topological polar surface area (TPSA) is 41.6 Å². The molecule has 2 atom stereocenters. The number of nitrogens with two attached hydrogens (primary N) is 1. The van der Waals surface area contributed by atoms with Gasteiger partial charge in [0.1, 0.15) is 0 Å². The molecule has 1 spiro atoms. The SMILES string of the molecule is CCC1CCCC12CN=C(N)N2Cc1ccccc1. The first-order valence-electron chi connectivity index (χ1n) is 7.38. The number of hydrogen-bond donors (Lipinski definition) is 1. The van der Waals surface area contributed by atoms with Crippen LogP contribution >= 0.6 is 0 Å². The minimum absolute atomic E-state index is 0.203. The Hall–Kier alpha value is -1.51. The molecule has 2 unspecified atom stereocenters. The Morgan fingerprint density at radius 2 is 2.16 bits per heavy atom. The predicted molar refractivity (Wildman–Crippen MR) is 78.8 cm³/mol. The van der Waals surface area contributed by atoms with Crippen molar-refractivity contribution in [1.82, 2.24) is 4.90 Å². The predicted octanol–water partition coefficient (Wildman–Crippen LogP) is 2.77. The summed E-state index contributed by atoms with van der Waals surface area (Å²) in [4.78, 5) is 6.95. The second kappa shape index (κ2) is 4.87. The van der Waals surface area contributed by atoms with Crippen molar-refractivity contribution >= 4 is 5.96 Å². The van der Waals surface area contributed by atoms with Crippen molar-refractivity contribution in [2.24, 2.45) is 16.6 Å². The lowest BCUT2D eigenvalue weighted by atomic mass is 9.84. The molecule has 2 aliphatic rings. The Morgan fingerprint density at radius 1 is 1.37 bits per heavy atom.